The molecular weight excluding hydrogens is 457 g/mol. The van der Waals surface area contributed by atoms with E-state index in [1.165, 1.54) is 12.1 Å². The summed E-state index contributed by atoms with van der Waals surface area (Å²) in [5.41, 5.74) is 2.07. The van der Waals surface area contributed by atoms with E-state index in [4.69, 9.17) is 9.47 Å². The van der Waals surface area contributed by atoms with Gasteiger partial charge in [-0.25, -0.2) is 4.79 Å². The number of ether oxygens (including phenoxy) is 2. The Morgan fingerprint density at radius 3 is 2.54 bits per heavy atom. The number of rotatable bonds is 3. The lowest BCUT2D eigenvalue weighted by Gasteiger charge is -2.47. The first-order valence-electron chi connectivity index (χ1n) is 12.7. The third-order valence-corrected chi connectivity index (χ3v) is 8.40. The quantitative estimate of drug-likeness (QED) is 0.571. The van der Waals surface area contributed by atoms with Crippen LogP contribution in [0.4, 0.5) is 13.2 Å². The number of nitrogens with zero attached hydrogens (tertiary/aromatic N) is 2. The zero-order valence-corrected chi connectivity index (χ0v) is 20.8. The summed E-state index contributed by atoms with van der Waals surface area (Å²) in [6.07, 6.45) is -0.119. The summed E-state index contributed by atoms with van der Waals surface area (Å²) in [7, 11) is 0. The number of hydrogen-bond acceptors (Lipinski definition) is 5. The number of carbonyl (C=O) groups excluding carboxylic acids is 1. The zero-order valence-electron chi connectivity index (χ0n) is 20.8. The Morgan fingerprint density at radius 2 is 1.86 bits per heavy atom. The van der Waals surface area contributed by atoms with Gasteiger partial charge in [-0.2, -0.15) is 13.2 Å². The van der Waals surface area contributed by atoms with E-state index >= 15 is 0 Å². The number of likely N-dealkylation sites (tertiary alicyclic amines) is 1. The zero-order chi connectivity index (χ0) is 25.0. The highest BCUT2D eigenvalue weighted by molar-refractivity contribution is 5.92. The van der Waals surface area contributed by atoms with E-state index in [1.54, 1.807) is 6.07 Å². The van der Waals surface area contributed by atoms with Crippen LogP contribution >= 0.6 is 0 Å². The number of hydrogen-bond donors (Lipinski definition) is 0. The molecule has 4 aliphatic heterocycles. The van der Waals surface area contributed by atoms with E-state index in [2.05, 4.69) is 23.6 Å². The van der Waals surface area contributed by atoms with E-state index in [1.807, 2.05) is 6.92 Å². The highest BCUT2D eigenvalue weighted by Gasteiger charge is 2.49. The lowest BCUT2D eigenvalue weighted by atomic mass is 9.81. The molecule has 2 fully saturated rings. The van der Waals surface area contributed by atoms with Crippen LogP contribution in [0.1, 0.15) is 63.1 Å². The van der Waals surface area contributed by atoms with Crippen LogP contribution in [0.2, 0.25) is 0 Å². The monoisotopic (exact) mass is 492 g/mol. The predicted octanol–water partition coefficient (Wildman–Crippen LogP) is 4.73. The number of benzene rings is 1. The second-order valence-electron chi connectivity index (χ2n) is 11.2. The predicted molar refractivity (Wildman–Crippen MR) is 126 cm³/mol. The lowest BCUT2D eigenvalue weighted by Crippen LogP contribution is -2.53. The van der Waals surface area contributed by atoms with Gasteiger partial charge in [0.05, 0.1) is 11.2 Å². The van der Waals surface area contributed by atoms with Gasteiger partial charge in [-0.15, -0.1) is 0 Å². The van der Waals surface area contributed by atoms with Gasteiger partial charge in [0.2, 0.25) is 0 Å². The van der Waals surface area contributed by atoms with Crippen LogP contribution in [0.25, 0.3) is 0 Å². The first-order valence-corrected chi connectivity index (χ1v) is 12.7. The van der Waals surface area contributed by atoms with E-state index in [0.29, 0.717) is 31.1 Å². The molecule has 0 N–H and O–H groups in total. The molecule has 1 unspecified atom stereocenters. The van der Waals surface area contributed by atoms with Gasteiger partial charge in [0.25, 0.3) is 0 Å². The minimum Gasteiger partial charge on any atom is -0.451 e. The van der Waals surface area contributed by atoms with Crippen LogP contribution in [0, 0.1) is 0 Å². The average Bonchev–Trinajstić information content (AvgIpc) is 3.02. The van der Waals surface area contributed by atoms with Crippen LogP contribution in [0.3, 0.4) is 0 Å². The minimum atomic E-state index is -4.35. The maximum atomic E-state index is 13.2. The van der Waals surface area contributed by atoms with Crippen molar-refractivity contribution in [3.8, 4) is 0 Å². The Balaban J connectivity index is 1.29. The number of esters is 1. The summed E-state index contributed by atoms with van der Waals surface area (Å²) in [4.78, 5) is 17.4. The Kier molecular flexibility index (Phi) is 6.29. The van der Waals surface area contributed by atoms with Crippen LogP contribution in [0.5, 0.6) is 0 Å². The largest absolute Gasteiger partial charge is 0.451 e. The first kappa shape index (κ1) is 24.8. The molecule has 5 nitrogen and oxygen atoms in total. The lowest BCUT2D eigenvalue weighted by molar-refractivity contribution is -0.152. The average molecular weight is 493 g/mol. The van der Waals surface area contributed by atoms with Crippen molar-refractivity contribution in [3.63, 3.8) is 0 Å². The van der Waals surface area contributed by atoms with Crippen molar-refractivity contribution in [2.75, 3.05) is 32.8 Å². The maximum Gasteiger partial charge on any atom is 0.416 e. The summed E-state index contributed by atoms with van der Waals surface area (Å²) >= 11 is 0. The highest BCUT2D eigenvalue weighted by atomic mass is 19.4. The summed E-state index contributed by atoms with van der Waals surface area (Å²) < 4.78 is 51.6. The minimum absolute atomic E-state index is 0.115. The fraction of sp³-hybridized carbons (Fsp3) is 0.667. The molecule has 0 aliphatic carbocycles. The van der Waals surface area contributed by atoms with Crippen LogP contribution < -0.4 is 0 Å². The van der Waals surface area contributed by atoms with E-state index in [-0.39, 0.29) is 11.6 Å². The number of alkyl halides is 3. The maximum absolute atomic E-state index is 13.2. The molecule has 1 spiro atoms. The van der Waals surface area contributed by atoms with Crippen molar-refractivity contribution in [2.24, 2.45) is 0 Å². The second kappa shape index (κ2) is 8.89. The molecule has 0 amide bonds. The number of halogens is 3. The Bertz CT molecular complexity index is 1020. The Labute approximate surface area is 205 Å². The van der Waals surface area contributed by atoms with Crippen molar-refractivity contribution >= 4 is 5.97 Å². The van der Waals surface area contributed by atoms with Crippen LogP contribution in [-0.4, -0.2) is 65.8 Å². The molecule has 1 atom stereocenters. The molecule has 4 heterocycles. The molecule has 35 heavy (non-hydrogen) atoms. The smallest absolute Gasteiger partial charge is 0.416 e. The van der Waals surface area contributed by atoms with Crippen LogP contribution in [-0.2, 0) is 33.4 Å². The van der Waals surface area contributed by atoms with Crippen molar-refractivity contribution in [1.82, 2.24) is 9.80 Å². The topological polar surface area (TPSA) is 42.0 Å². The fourth-order valence-electron chi connectivity index (χ4n) is 6.36. The highest BCUT2D eigenvalue weighted by Crippen LogP contribution is 2.43. The van der Waals surface area contributed by atoms with Gasteiger partial charge in [-0.05, 0) is 68.9 Å². The molecule has 0 aromatic heterocycles. The summed E-state index contributed by atoms with van der Waals surface area (Å²) in [6.45, 7) is 10.4. The first-order chi connectivity index (χ1) is 16.5. The van der Waals surface area contributed by atoms with Crippen molar-refractivity contribution in [2.45, 2.75) is 82.8 Å². The number of carbonyl (C=O) groups is 1. The second-order valence-corrected chi connectivity index (χ2v) is 11.2. The van der Waals surface area contributed by atoms with Gasteiger partial charge in [0.1, 0.15) is 5.60 Å². The van der Waals surface area contributed by atoms with Gasteiger partial charge in [-0.3, -0.25) is 9.80 Å². The number of fused-ring (bicyclic) bond motifs is 1. The van der Waals surface area contributed by atoms with Gasteiger partial charge >= 0.3 is 12.1 Å². The van der Waals surface area contributed by atoms with E-state index < -0.39 is 17.3 Å². The van der Waals surface area contributed by atoms with Crippen molar-refractivity contribution < 1.29 is 27.4 Å². The summed E-state index contributed by atoms with van der Waals surface area (Å²) in [6, 6.07) is 4.54. The SMILES string of the molecule is CC1=C(CN2CCc3ccc(C(F)(F)F)cc3C2)C2(CCN(C3CCOC(C)(C)C3)CC2)OC1=O. The normalized spacial score (nSPS) is 27.3. The van der Waals surface area contributed by atoms with Crippen molar-refractivity contribution in [3.05, 3.63) is 46.0 Å². The molecule has 1 aromatic carbocycles. The molecule has 4 aliphatic rings. The molecule has 0 bridgehead atoms. The van der Waals surface area contributed by atoms with Gasteiger partial charge in [0, 0.05) is 63.8 Å². The third kappa shape index (κ3) is 4.89. The number of piperidine rings is 1. The molecule has 0 radical (unpaired) electrons. The van der Waals surface area contributed by atoms with Gasteiger partial charge in [0.15, 0.2) is 0 Å². The molecular formula is C27H35F3N2O3. The molecule has 192 valence electrons. The Hall–Kier alpha value is -1.90. The van der Waals surface area contributed by atoms with Gasteiger partial charge in [-0.1, -0.05) is 6.07 Å². The summed E-state index contributed by atoms with van der Waals surface area (Å²) in [5, 5.41) is 0. The van der Waals surface area contributed by atoms with Crippen molar-refractivity contribution in [1.29, 1.82) is 0 Å². The van der Waals surface area contributed by atoms with Crippen LogP contribution in [0.15, 0.2) is 29.3 Å². The summed E-state index contributed by atoms with van der Waals surface area (Å²) in [5.74, 6) is -0.252. The van der Waals surface area contributed by atoms with Gasteiger partial charge < -0.3 is 9.47 Å². The molecule has 5 rings (SSSR count). The van der Waals surface area contributed by atoms with E-state index in [0.717, 1.165) is 68.6 Å². The van der Waals surface area contributed by atoms with E-state index in [9.17, 15) is 18.0 Å². The molecule has 1 aromatic rings. The molecule has 0 saturated carbocycles. The third-order valence-electron chi connectivity index (χ3n) is 8.40. The fourth-order valence-corrected chi connectivity index (χ4v) is 6.36. The standard InChI is InChI=1S/C27H35F3N2O3/c1-18-23(17-31-10-6-19-4-5-21(27(28,29)30)14-20(19)16-31)26(35-24(18)33)8-11-32(12-9-26)22-7-13-34-25(2,3)15-22/h4-5,14,22H,6-13,15-17H2,1-3H3. The molecule has 2 saturated heterocycles. The molecule has 8 heteroatoms. The Morgan fingerprint density at radius 1 is 1.11 bits per heavy atom.